The molecule has 3 heterocycles. The molecule has 0 saturated carbocycles. The Bertz CT molecular complexity index is 1320. The van der Waals surface area contributed by atoms with Crippen molar-refractivity contribution < 1.29 is 22.7 Å². The molecule has 2 aliphatic rings. The molecule has 1 aromatic heterocycles. The summed E-state index contributed by atoms with van der Waals surface area (Å²) >= 11 is 5.08. The molecular weight excluding hydrogens is 502 g/mol. The number of aromatic nitrogens is 2. The molecular formula is C26H32FN2O5PS. The molecule has 1 aromatic carbocycles. The minimum absolute atomic E-state index is 0.0710. The van der Waals surface area contributed by atoms with Gasteiger partial charge in [0.25, 0.3) is 0 Å². The molecule has 2 aromatic rings. The first-order valence-corrected chi connectivity index (χ1v) is 13.4. The van der Waals surface area contributed by atoms with Crippen molar-refractivity contribution >= 4 is 20.8 Å². The van der Waals surface area contributed by atoms with E-state index in [-0.39, 0.29) is 46.3 Å². The van der Waals surface area contributed by atoms with Crippen molar-refractivity contribution in [3.8, 4) is 18.1 Å². The topological polar surface area (TPSA) is 74.7 Å². The number of halogens is 1. The fraction of sp³-hybridized carbons (Fsp3) is 0.538. The van der Waals surface area contributed by atoms with Gasteiger partial charge in [0.1, 0.15) is 22.4 Å². The highest BCUT2D eigenvalue weighted by molar-refractivity contribution is 7.71. The molecule has 0 amide bonds. The van der Waals surface area contributed by atoms with Crippen LogP contribution in [0.25, 0.3) is 0 Å². The molecule has 0 bridgehead atoms. The zero-order valence-electron chi connectivity index (χ0n) is 21.4. The van der Waals surface area contributed by atoms with E-state index in [1.54, 1.807) is 0 Å². The second kappa shape index (κ2) is 10.00. The number of rotatable bonds is 4. The standard InChI is InChI=1S/C26H32FN2O5PS/c1-8-15-12-29(24(30)28-23(15)36)20-10-9-16(33-20)13-31-35-32-14-17-21(27)18(25(2,3)4)11-19(22(17)34-35)26(5,6)7/h1,11-12,16,20H,9-10,13-14H2,2-7H3,(H,28,30,36). The summed E-state index contributed by atoms with van der Waals surface area (Å²) in [7, 11) is -1.74. The summed E-state index contributed by atoms with van der Waals surface area (Å²) in [6.45, 7) is 12.5. The van der Waals surface area contributed by atoms with Gasteiger partial charge in [-0.1, -0.05) is 59.7 Å². The highest BCUT2D eigenvalue weighted by Gasteiger charge is 2.36. The van der Waals surface area contributed by atoms with E-state index in [2.05, 4.69) is 31.7 Å². The summed E-state index contributed by atoms with van der Waals surface area (Å²) in [5.74, 6) is 2.68. The van der Waals surface area contributed by atoms with Gasteiger partial charge in [-0.3, -0.25) is 18.6 Å². The van der Waals surface area contributed by atoms with Crippen LogP contribution in [0.5, 0.6) is 5.75 Å². The predicted molar refractivity (Wildman–Crippen MR) is 139 cm³/mol. The van der Waals surface area contributed by atoms with Crippen LogP contribution in [0.2, 0.25) is 0 Å². The van der Waals surface area contributed by atoms with E-state index in [0.29, 0.717) is 35.3 Å². The van der Waals surface area contributed by atoms with Gasteiger partial charge in [0.2, 0.25) is 0 Å². The zero-order valence-corrected chi connectivity index (χ0v) is 23.1. The van der Waals surface area contributed by atoms with Crippen molar-refractivity contribution in [1.29, 1.82) is 0 Å². The lowest BCUT2D eigenvalue weighted by Crippen LogP contribution is -2.28. The summed E-state index contributed by atoms with van der Waals surface area (Å²) in [6, 6.07) is 1.91. The lowest BCUT2D eigenvalue weighted by atomic mass is 9.78. The highest BCUT2D eigenvalue weighted by atomic mass is 32.1. The number of nitrogens with one attached hydrogen (secondary N) is 1. The van der Waals surface area contributed by atoms with Crippen LogP contribution in [0.1, 0.15) is 82.9 Å². The van der Waals surface area contributed by atoms with Crippen LogP contribution in [0.15, 0.2) is 17.1 Å². The Morgan fingerprint density at radius 2 is 1.94 bits per heavy atom. The highest BCUT2D eigenvalue weighted by Crippen LogP contribution is 2.52. The van der Waals surface area contributed by atoms with Crippen molar-refractivity contribution in [3.05, 3.63) is 55.5 Å². The van der Waals surface area contributed by atoms with Crippen LogP contribution in [-0.4, -0.2) is 22.3 Å². The average Bonchev–Trinajstić information content (AvgIpc) is 3.25. The number of ether oxygens (including phenoxy) is 1. The van der Waals surface area contributed by atoms with E-state index in [0.717, 1.165) is 5.56 Å². The smallest absolute Gasteiger partial charge is 0.397 e. The third-order valence-corrected chi connectivity index (χ3v) is 7.64. The summed E-state index contributed by atoms with van der Waals surface area (Å²) in [5, 5.41) is 0. The summed E-state index contributed by atoms with van der Waals surface area (Å²) < 4.78 is 40.9. The molecule has 4 rings (SSSR count). The molecule has 2 aliphatic heterocycles. The summed E-state index contributed by atoms with van der Waals surface area (Å²) in [6.07, 6.45) is 7.55. The van der Waals surface area contributed by atoms with E-state index >= 15 is 4.39 Å². The van der Waals surface area contributed by atoms with E-state index in [1.165, 1.54) is 10.8 Å². The van der Waals surface area contributed by atoms with Gasteiger partial charge in [0.15, 0.2) is 0 Å². The van der Waals surface area contributed by atoms with Crippen LogP contribution < -0.4 is 10.2 Å². The maximum atomic E-state index is 15.4. The Morgan fingerprint density at radius 1 is 1.25 bits per heavy atom. The van der Waals surface area contributed by atoms with Gasteiger partial charge < -0.3 is 9.26 Å². The number of aromatic amines is 1. The molecule has 0 aliphatic carbocycles. The Labute approximate surface area is 217 Å². The Balaban J connectivity index is 1.47. The maximum absolute atomic E-state index is 15.4. The number of nitrogens with zero attached hydrogens (tertiary/aromatic N) is 1. The van der Waals surface area contributed by atoms with E-state index in [4.69, 9.17) is 36.9 Å². The number of hydrogen-bond donors (Lipinski definition) is 1. The normalized spacial score (nSPS) is 22.1. The fourth-order valence-corrected chi connectivity index (χ4v) is 5.53. The number of benzene rings is 1. The molecule has 1 N–H and O–H groups in total. The largest absolute Gasteiger partial charge is 0.426 e. The van der Waals surface area contributed by atoms with Gasteiger partial charge in [-0.25, -0.2) is 9.18 Å². The van der Waals surface area contributed by atoms with Gasteiger partial charge in [0.05, 0.1) is 30.4 Å². The van der Waals surface area contributed by atoms with Crippen LogP contribution in [-0.2, 0) is 31.2 Å². The first-order chi connectivity index (χ1) is 16.8. The molecule has 1 fully saturated rings. The number of hydrogen-bond acceptors (Lipinski definition) is 6. The first kappa shape index (κ1) is 27.0. The molecule has 0 spiro atoms. The molecule has 7 nitrogen and oxygen atoms in total. The minimum atomic E-state index is -1.74. The van der Waals surface area contributed by atoms with Crippen molar-refractivity contribution in [2.45, 2.75) is 84.2 Å². The van der Waals surface area contributed by atoms with Crippen molar-refractivity contribution in [2.24, 2.45) is 0 Å². The van der Waals surface area contributed by atoms with Crippen LogP contribution >= 0.6 is 20.8 Å². The van der Waals surface area contributed by atoms with Gasteiger partial charge >= 0.3 is 14.3 Å². The third-order valence-electron chi connectivity index (χ3n) is 6.29. The van der Waals surface area contributed by atoms with Gasteiger partial charge in [-0.15, -0.1) is 6.42 Å². The molecule has 194 valence electrons. The Morgan fingerprint density at radius 3 is 2.58 bits per heavy atom. The van der Waals surface area contributed by atoms with Crippen LogP contribution in [0.3, 0.4) is 0 Å². The zero-order chi connectivity index (χ0) is 26.4. The predicted octanol–water partition coefficient (Wildman–Crippen LogP) is 6.15. The average molecular weight is 535 g/mol. The van der Waals surface area contributed by atoms with Crippen LogP contribution in [0.4, 0.5) is 4.39 Å². The maximum Gasteiger partial charge on any atom is 0.397 e. The molecule has 1 saturated heterocycles. The van der Waals surface area contributed by atoms with Crippen molar-refractivity contribution in [2.75, 3.05) is 6.61 Å². The van der Waals surface area contributed by atoms with E-state index in [9.17, 15) is 4.79 Å². The fourth-order valence-electron chi connectivity index (χ4n) is 4.28. The van der Waals surface area contributed by atoms with Gasteiger partial charge in [-0.2, -0.15) is 0 Å². The number of terminal acetylenes is 1. The Kier molecular flexibility index (Phi) is 7.49. The van der Waals surface area contributed by atoms with Crippen molar-refractivity contribution in [3.63, 3.8) is 0 Å². The lowest BCUT2D eigenvalue weighted by molar-refractivity contribution is -0.0230. The molecule has 3 atom stereocenters. The summed E-state index contributed by atoms with van der Waals surface area (Å²) in [4.78, 5) is 14.9. The molecule has 3 unspecified atom stereocenters. The van der Waals surface area contributed by atoms with E-state index in [1.807, 2.05) is 26.8 Å². The minimum Gasteiger partial charge on any atom is -0.426 e. The first-order valence-electron chi connectivity index (χ1n) is 11.9. The molecule has 10 heteroatoms. The number of H-pyrrole nitrogens is 1. The quantitative estimate of drug-likeness (QED) is 0.288. The molecule has 0 radical (unpaired) electrons. The monoisotopic (exact) mass is 534 g/mol. The van der Waals surface area contributed by atoms with Gasteiger partial charge in [-0.05, 0) is 35.3 Å². The van der Waals surface area contributed by atoms with E-state index < -0.39 is 14.8 Å². The lowest BCUT2D eigenvalue weighted by Gasteiger charge is -2.33. The Hall–Kier alpha value is -2.08. The second-order valence-electron chi connectivity index (χ2n) is 11.1. The molecule has 36 heavy (non-hydrogen) atoms. The number of fused-ring (bicyclic) bond motifs is 1. The van der Waals surface area contributed by atoms with Crippen molar-refractivity contribution in [1.82, 2.24) is 9.55 Å². The second-order valence-corrected chi connectivity index (χ2v) is 12.7. The van der Waals surface area contributed by atoms with Gasteiger partial charge in [0, 0.05) is 11.8 Å². The summed E-state index contributed by atoms with van der Waals surface area (Å²) in [5.41, 5.74) is 1.41. The third kappa shape index (κ3) is 5.44. The van der Waals surface area contributed by atoms with Crippen LogP contribution in [0, 0.1) is 22.8 Å². The SMILES string of the molecule is C#Cc1cn(C2CCC(COP3OCc4c(F)c(C(C)(C)C)cc(C(C)(C)C)c4O3)O2)c(=O)[nH]c1=S.